The zero-order chi connectivity index (χ0) is 10.6. The van der Waals surface area contributed by atoms with Crippen molar-refractivity contribution in [1.29, 1.82) is 0 Å². The molecule has 0 spiro atoms. The van der Waals surface area contributed by atoms with Crippen molar-refractivity contribution in [3.8, 4) is 0 Å². The zero-order valence-electron chi connectivity index (χ0n) is 10.2. The molecule has 0 aromatic rings. The van der Waals surface area contributed by atoms with Crippen LogP contribution in [-0.2, 0) is 0 Å². The first kappa shape index (κ1) is 12.0. The fourth-order valence-corrected chi connectivity index (χ4v) is 4.63. The summed E-state index contributed by atoms with van der Waals surface area (Å²) in [5.74, 6) is 1.79. The Bertz CT molecular complexity index is 172. The van der Waals surface area contributed by atoms with Crippen LogP contribution in [0.4, 0.5) is 0 Å². The lowest BCUT2D eigenvalue weighted by molar-refractivity contribution is 0.298. The van der Waals surface area contributed by atoms with E-state index in [4.69, 9.17) is 0 Å². The van der Waals surface area contributed by atoms with Crippen LogP contribution in [-0.4, -0.2) is 8.07 Å². The highest BCUT2D eigenvalue weighted by Crippen LogP contribution is 2.35. The summed E-state index contributed by atoms with van der Waals surface area (Å²) in [7, 11) is -0.896. The van der Waals surface area contributed by atoms with Crippen LogP contribution >= 0.6 is 0 Å². The minimum atomic E-state index is -0.896. The maximum atomic E-state index is 4.04. The van der Waals surface area contributed by atoms with Crippen LogP contribution in [0.5, 0.6) is 0 Å². The predicted octanol–water partition coefficient (Wildman–Crippen LogP) is 4.71. The fraction of sp³-hybridized carbons (Fsp3) is 0.846. The van der Waals surface area contributed by atoms with E-state index in [0.29, 0.717) is 0 Å². The van der Waals surface area contributed by atoms with Crippen LogP contribution in [0.1, 0.15) is 32.1 Å². The standard InChI is InChI=1S/C13H26Si/c1-5-12(11-14(2,3)4)13-9-7-6-8-10-13/h5,12-13H,1,6-11H2,2-4H3. The molecule has 1 aliphatic rings. The second kappa shape index (κ2) is 5.15. The van der Waals surface area contributed by atoms with Crippen molar-refractivity contribution in [2.75, 3.05) is 0 Å². The molecule has 1 rings (SSSR count). The SMILES string of the molecule is C=CC(C[Si](C)(C)C)C1CCCCC1. The van der Waals surface area contributed by atoms with Crippen molar-refractivity contribution < 1.29 is 0 Å². The fourth-order valence-electron chi connectivity index (χ4n) is 2.71. The van der Waals surface area contributed by atoms with Gasteiger partial charge in [0.1, 0.15) is 0 Å². The monoisotopic (exact) mass is 210 g/mol. The van der Waals surface area contributed by atoms with Gasteiger partial charge in [-0.15, -0.1) is 6.58 Å². The van der Waals surface area contributed by atoms with Crippen molar-refractivity contribution >= 4 is 8.07 Å². The van der Waals surface area contributed by atoms with Crippen LogP contribution < -0.4 is 0 Å². The van der Waals surface area contributed by atoms with E-state index >= 15 is 0 Å². The van der Waals surface area contributed by atoms with Crippen LogP contribution in [0.2, 0.25) is 25.7 Å². The summed E-state index contributed by atoms with van der Waals surface area (Å²) in [4.78, 5) is 0. The Labute approximate surface area is 90.8 Å². The van der Waals surface area contributed by atoms with Gasteiger partial charge in [0.15, 0.2) is 0 Å². The Morgan fingerprint density at radius 3 is 2.21 bits per heavy atom. The van der Waals surface area contributed by atoms with Crippen molar-refractivity contribution in [3.63, 3.8) is 0 Å². The largest absolute Gasteiger partial charge is 0.103 e. The summed E-state index contributed by atoms with van der Waals surface area (Å²) in [5.41, 5.74) is 0. The van der Waals surface area contributed by atoms with E-state index < -0.39 is 8.07 Å². The van der Waals surface area contributed by atoms with Gasteiger partial charge in [-0.2, -0.15) is 0 Å². The summed E-state index contributed by atoms with van der Waals surface area (Å²) < 4.78 is 0. The van der Waals surface area contributed by atoms with E-state index in [1.54, 1.807) is 0 Å². The topological polar surface area (TPSA) is 0 Å². The highest BCUT2D eigenvalue weighted by atomic mass is 28.3. The first-order chi connectivity index (χ1) is 6.53. The van der Waals surface area contributed by atoms with Gasteiger partial charge in [0.25, 0.3) is 0 Å². The third-order valence-corrected chi connectivity index (χ3v) is 5.10. The highest BCUT2D eigenvalue weighted by molar-refractivity contribution is 6.76. The maximum Gasteiger partial charge on any atom is 0.0448 e. The molecule has 0 nitrogen and oxygen atoms in total. The third kappa shape index (κ3) is 3.99. The minimum Gasteiger partial charge on any atom is -0.103 e. The summed E-state index contributed by atoms with van der Waals surface area (Å²) in [6.07, 6.45) is 9.55. The Balaban J connectivity index is 2.47. The molecule has 14 heavy (non-hydrogen) atoms. The van der Waals surface area contributed by atoms with E-state index in [9.17, 15) is 0 Å². The van der Waals surface area contributed by atoms with Crippen molar-refractivity contribution in [2.24, 2.45) is 11.8 Å². The number of hydrogen-bond donors (Lipinski definition) is 0. The first-order valence-electron chi connectivity index (χ1n) is 6.15. The summed E-state index contributed by atoms with van der Waals surface area (Å²) in [6.45, 7) is 11.5. The molecule has 0 aliphatic heterocycles. The van der Waals surface area contributed by atoms with Crippen LogP contribution in [0, 0.1) is 11.8 Å². The molecule has 1 heteroatoms. The second-order valence-electron chi connectivity index (χ2n) is 6.06. The first-order valence-corrected chi connectivity index (χ1v) is 9.86. The lowest BCUT2D eigenvalue weighted by Gasteiger charge is -2.31. The molecule has 0 radical (unpaired) electrons. The van der Waals surface area contributed by atoms with Crippen LogP contribution in [0.3, 0.4) is 0 Å². The number of hydrogen-bond acceptors (Lipinski definition) is 0. The molecule has 0 bridgehead atoms. The quantitative estimate of drug-likeness (QED) is 0.466. The van der Waals surface area contributed by atoms with E-state index in [1.165, 1.54) is 38.1 Å². The lowest BCUT2D eigenvalue weighted by atomic mass is 9.81. The molecule has 0 amide bonds. The van der Waals surface area contributed by atoms with E-state index in [1.807, 2.05) is 0 Å². The smallest absolute Gasteiger partial charge is 0.0448 e. The van der Waals surface area contributed by atoms with Crippen molar-refractivity contribution in [1.82, 2.24) is 0 Å². The van der Waals surface area contributed by atoms with Gasteiger partial charge in [-0.05, 0) is 24.7 Å². The number of rotatable bonds is 4. The molecule has 1 aliphatic carbocycles. The highest BCUT2D eigenvalue weighted by Gasteiger charge is 2.26. The van der Waals surface area contributed by atoms with E-state index in [2.05, 4.69) is 32.3 Å². The summed E-state index contributed by atoms with van der Waals surface area (Å²) in [5, 5.41) is 0. The Hall–Kier alpha value is -0.0431. The van der Waals surface area contributed by atoms with Gasteiger partial charge in [-0.1, -0.05) is 51.0 Å². The molecule has 82 valence electrons. The molecular formula is C13H26Si. The average molecular weight is 210 g/mol. The molecule has 1 fully saturated rings. The molecule has 0 aromatic carbocycles. The van der Waals surface area contributed by atoms with Gasteiger partial charge >= 0.3 is 0 Å². The molecule has 0 heterocycles. The Kier molecular flexibility index (Phi) is 4.43. The second-order valence-corrected chi connectivity index (χ2v) is 11.6. The third-order valence-electron chi connectivity index (χ3n) is 3.41. The molecule has 0 N–H and O–H groups in total. The van der Waals surface area contributed by atoms with Gasteiger partial charge < -0.3 is 0 Å². The van der Waals surface area contributed by atoms with E-state index in [0.717, 1.165) is 11.8 Å². The summed E-state index contributed by atoms with van der Waals surface area (Å²) >= 11 is 0. The molecule has 1 saturated carbocycles. The van der Waals surface area contributed by atoms with Crippen molar-refractivity contribution in [3.05, 3.63) is 12.7 Å². The molecule has 1 atom stereocenters. The van der Waals surface area contributed by atoms with E-state index in [-0.39, 0.29) is 0 Å². The van der Waals surface area contributed by atoms with Gasteiger partial charge in [-0.25, -0.2) is 0 Å². The molecular weight excluding hydrogens is 184 g/mol. The van der Waals surface area contributed by atoms with Crippen LogP contribution in [0.15, 0.2) is 12.7 Å². The minimum absolute atomic E-state index is 0.821. The van der Waals surface area contributed by atoms with Crippen LogP contribution in [0.25, 0.3) is 0 Å². The summed E-state index contributed by atoms with van der Waals surface area (Å²) in [6, 6.07) is 1.45. The number of allylic oxidation sites excluding steroid dienone is 1. The lowest BCUT2D eigenvalue weighted by Crippen LogP contribution is -2.27. The Morgan fingerprint density at radius 1 is 1.21 bits per heavy atom. The average Bonchev–Trinajstić information content (AvgIpc) is 2.14. The van der Waals surface area contributed by atoms with Gasteiger partial charge in [-0.3, -0.25) is 0 Å². The van der Waals surface area contributed by atoms with Gasteiger partial charge in [0.05, 0.1) is 0 Å². The predicted molar refractivity (Wildman–Crippen MR) is 68.4 cm³/mol. The normalized spacial score (nSPS) is 21.9. The van der Waals surface area contributed by atoms with Crippen molar-refractivity contribution in [2.45, 2.75) is 57.8 Å². The molecule has 1 unspecified atom stereocenters. The van der Waals surface area contributed by atoms with Gasteiger partial charge in [0, 0.05) is 8.07 Å². The Morgan fingerprint density at radius 2 is 1.79 bits per heavy atom. The zero-order valence-corrected chi connectivity index (χ0v) is 11.2. The van der Waals surface area contributed by atoms with Gasteiger partial charge in [0.2, 0.25) is 0 Å². The maximum absolute atomic E-state index is 4.04. The molecule has 0 saturated heterocycles. The molecule has 0 aromatic heterocycles.